The molecule has 0 aromatic heterocycles. The van der Waals surface area contributed by atoms with E-state index in [-0.39, 0.29) is 29.9 Å². The Morgan fingerprint density at radius 1 is 1.08 bits per heavy atom. The summed E-state index contributed by atoms with van der Waals surface area (Å²) in [5.41, 5.74) is 1.60. The summed E-state index contributed by atoms with van der Waals surface area (Å²) in [5.74, 6) is -0.0327. The second-order valence-electron chi connectivity index (χ2n) is 6.08. The minimum absolute atomic E-state index is 0.0592. The number of amides is 1. The van der Waals surface area contributed by atoms with Crippen LogP contribution in [0.2, 0.25) is 0 Å². The van der Waals surface area contributed by atoms with Crippen LogP contribution in [0.15, 0.2) is 54.6 Å². The van der Waals surface area contributed by atoms with Crippen molar-refractivity contribution in [3.05, 3.63) is 65.7 Å². The van der Waals surface area contributed by atoms with Gasteiger partial charge in [0, 0.05) is 12.0 Å². The van der Waals surface area contributed by atoms with Crippen molar-refractivity contribution in [1.82, 2.24) is 5.32 Å². The van der Waals surface area contributed by atoms with Crippen molar-refractivity contribution in [1.29, 1.82) is 0 Å². The van der Waals surface area contributed by atoms with E-state index in [1.165, 1.54) is 0 Å². The Bertz CT molecular complexity index is 819. The van der Waals surface area contributed by atoms with Crippen LogP contribution >= 0.6 is 0 Å². The molecular formula is C20H25NO4S. The maximum absolute atomic E-state index is 12.4. The van der Waals surface area contributed by atoms with Gasteiger partial charge in [-0.3, -0.25) is 4.79 Å². The number of hydrogen-bond acceptors (Lipinski definition) is 4. The predicted molar refractivity (Wildman–Crippen MR) is 103 cm³/mol. The third kappa shape index (κ3) is 6.19. The van der Waals surface area contributed by atoms with Gasteiger partial charge in [-0.2, -0.15) is 0 Å². The van der Waals surface area contributed by atoms with Crippen molar-refractivity contribution >= 4 is 15.7 Å². The summed E-state index contributed by atoms with van der Waals surface area (Å²) in [4.78, 5) is 12.1. The second-order valence-corrected chi connectivity index (χ2v) is 8.27. The van der Waals surface area contributed by atoms with Crippen LogP contribution < -0.4 is 10.1 Å². The number of carbonyl (C=O) groups is 1. The average molecular weight is 375 g/mol. The van der Waals surface area contributed by atoms with Crippen LogP contribution in [-0.4, -0.2) is 26.7 Å². The summed E-state index contributed by atoms with van der Waals surface area (Å²) in [7, 11) is -3.41. The first-order chi connectivity index (χ1) is 12.4. The lowest BCUT2D eigenvalue weighted by atomic mass is 10.1. The molecule has 0 saturated heterocycles. The molecule has 0 saturated carbocycles. The van der Waals surface area contributed by atoms with E-state index in [1.54, 1.807) is 24.3 Å². The molecule has 0 aliphatic carbocycles. The summed E-state index contributed by atoms with van der Waals surface area (Å²) in [6.45, 7) is 4.19. The SMILES string of the molecule is CCOc1ccccc1CS(=O)(=O)CCC(=O)NC(C)c1ccccc1. The Morgan fingerprint density at radius 2 is 1.73 bits per heavy atom. The number of ether oxygens (including phenoxy) is 1. The molecule has 2 aromatic rings. The minimum Gasteiger partial charge on any atom is -0.494 e. The molecule has 2 aromatic carbocycles. The zero-order chi connectivity index (χ0) is 19.0. The number of carbonyl (C=O) groups excluding carboxylic acids is 1. The molecule has 1 amide bonds. The molecule has 2 rings (SSSR count). The Morgan fingerprint density at radius 3 is 2.42 bits per heavy atom. The summed E-state index contributed by atoms with van der Waals surface area (Å²) >= 11 is 0. The third-order valence-corrected chi connectivity index (χ3v) is 5.54. The van der Waals surface area contributed by atoms with Crippen LogP contribution in [0.4, 0.5) is 0 Å². The van der Waals surface area contributed by atoms with Gasteiger partial charge in [0.05, 0.1) is 24.2 Å². The fraction of sp³-hybridized carbons (Fsp3) is 0.350. The monoisotopic (exact) mass is 375 g/mol. The van der Waals surface area contributed by atoms with Crippen molar-refractivity contribution in [3.8, 4) is 5.75 Å². The molecule has 0 spiro atoms. The van der Waals surface area contributed by atoms with Crippen LogP contribution in [-0.2, 0) is 20.4 Å². The second kappa shape index (κ2) is 9.38. The van der Waals surface area contributed by atoms with E-state index in [2.05, 4.69) is 5.32 Å². The maximum atomic E-state index is 12.4. The summed E-state index contributed by atoms with van der Waals surface area (Å²) in [6, 6.07) is 16.5. The lowest BCUT2D eigenvalue weighted by Crippen LogP contribution is -2.28. The highest BCUT2D eigenvalue weighted by molar-refractivity contribution is 7.90. The summed E-state index contributed by atoms with van der Waals surface area (Å²) in [6.07, 6.45) is -0.0592. The molecule has 0 aliphatic heterocycles. The Kier molecular flexibility index (Phi) is 7.21. The normalized spacial score (nSPS) is 12.4. The number of benzene rings is 2. The molecular weight excluding hydrogens is 350 g/mol. The molecule has 26 heavy (non-hydrogen) atoms. The Balaban J connectivity index is 1.90. The van der Waals surface area contributed by atoms with Gasteiger partial charge in [0.25, 0.3) is 0 Å². The maximum Gasteiger partial charge on any atom is 0.221 e. The summed E-state index contributed by atoms with van der Waals surface area (Å²) in [5, 5.41) is 2.84. The van der Waals surface area contributed by atoms with Gasteiger partial charge < -0.3 is 10.1 Å². The zero-order valence-corrected chi connectivity index (χ0v) is 16.0. The molecule has 1 N–H and O–H groups in total. The van der Waals surface area contributed by atoms with Crippen molar-refractivity contribution in [2.24, 2.45) is 0 Å². The highest BCUT2D eigenvalue weighted by Crippen LogP contribution is 2.21. The highest BCUT2D eigenvalue weighted by atomic mass is 32.2. The molecule has 0 bridgehead atoms. The van der Waals surface area contributed by atoms with Crippen LogP contribution in [0.5, 0.6) is 5.75 Å². The van der Waals surface area contributed by atoms with Gasteiger partial charge in [0.15, 0.2) is 9.84 Å². The zero-order valence-electron chi connectivity index (χ0n) is 15.1. The molecule has 140 valence electrons. The van der Waals surface area contributed by atoms with Gasteiger partial charge >= 0.3 is 0 Å². The van der Waals surface area contributed by atoms with Crippen molar-refractivity contribution < 1.29 is 17.9 Å². The number of sulfone groups is 1. The predicted octanol–water partition coefficient (Wildman–Crippen LogP) is 3.27. The Hall–Kier alpha value is -2.34. The topological polar surface area (TPSA) is 72.5 Å². The summed E-state index contributed by atoms with van der Waals surface area (Å²) < 4.78 is 30.2. The number of nitrogens with one attached hydrogen (secondary N) is 1. The van der Waals surface area contributed by atoms with E-state index in [4.69, 9.17) is 4.74 Å². The first-order valence-electron chi connectivity index (χ1n) is 8.66. The molecule has 1 unspecified atom stereocenters. The van der Waals surface area contributed by atoms with Gasteiger partial charge in [-0.05, 0) is 25.5 Å². The van der Waals surface area contributed by atoms with Crippen LogP contribution in [0.3, 0.4) is 0 Å². The van der Waals surface area contributed by atoms with Crippen molar-refractivity contribution in [3.63, 3.8) is 0 Å². The lowest BCUT2D eigenvalue weighted by molar-refractivity contribution is -0.121. The molecule has 6 heteroatoms. The van der Waals surface area contributed by atoms with Gasteiger partial charge in [0.1, 0.15) is 5.75 Å². The number of hydrogen-bond donors (Lipinski definition) is 1. The van der Waals surface area contributed by atoms with E-state index >= 15 is 0 Å². The van der Waals surface area contributed by atoms with E-state index in [0.717, 1.165) is 5.56 Å². The Labute approximate surface area is 155 Å². The molecule has 0 fully saturated rings. The highest BCUT2D eigenvalue weighted by Gasteiger charge is 2.18. The van der Waals surface area contributed by atoms with E-state index in [1.807, 2.05) is 44.2 Å². The molecule has 0 radical (unpaired) electrons. The third-order valence-electron chi connectivity index (χ3n) is 3.97. The van der Waals surface area contributed by atoms with Crippen molar-refractivity contribution in [2.75, 3.05) is 12.4 Å². The number of para-hydroxylation sites is 1. The van der Waals surface area contributed by atoms with Gasteiger partial charge in [-0.25, -0.2) is 8.42 Å². The van der Waals surface area contributed by atoms with E-state index in [0.29, 0.717) is 17.9 Å². The smallest absolute Gasteiger partial charge is 0.221 e. The minimum atomic E-state index is -3.41. The van der Waals surface area contributed by atoms with E-state index < -0.39 is 9.84 Å². The van der Waals surface area contributed by atoms with Crippen LogP contribution in [0.1, 0.15) is 37.4 Å². The lowest BCUT2D eigenvalue weighted by Gasteiger charge is -2.14. The first kappa shape index (κ1) is 20.0. The van der Waals surface area contributed by atoms with Crippen LogP contribution in [0, 0.1) is 0 Å². The quantitative estimate of drug-likeness (QED) is 0.730. The van der Waals surface area contributed by atoms with Crippen LogP contribution in [0.25, 0.3) is 0 Å². The molecule has 0 aliphatic rings. The molecule has 5 nitrogen and oxygen atoms in total. The largest absolute Gasteiger partial charge is 0.494 e. The standard InChI is InChI=1S/C20H25NO4S/c1-3-25-19-12-8-7-11-18(19)15-26(23,24)14-13-20(22)21-16(2)17-9-5-4-6-10-17/h4-12,16H,3,13-15H2,1-2H3,(H,21,22). The number of rotatable bonds is 9. The van der Waals surface area contributed by atoms with Crippen molar-refractivity contribution in [2.45, 2.75) is 32.1 Å². The molecule has 0 heterocycles. The van der Waals surface area contributed by atoms with Gasteiger partial charge in [-0.15, -0.1) is 0 Å². The van der Waals surface area contributed by atoms with Gasteiger partial charge in [0.2, 0.25) is 5.91 Å². The fourth-order valence-corrected chi connectivity index (χ4v) is 3.97. The first-order valence-corrected chi connectivity index (χ1v) is 10.5. The van der Waals surface area contributed by atoms with E-state index in [9.17, 15) is 13.2 Å². The fourth-order valence-electron chi connectivity index (χ4n) is 2.62. The average Bonchev–Trinajstić information content (AvgIpc) is 2.62. The molecule has 1 atom stereocenters. The van der Waals surface area contributed by atoms with Gasteiger partial charge in [-0.1, -0.05) is 48.5 Å².